The van der Waals surface area contributed by atoms with Crippen molar-refractivity contribution >= 4 is 0 Å². The fourth-order valence-corrected chi connectivity index (χ4v) is 4.26. The molecule has 0 bridgehead atoms. The highest BCUT2D eigenvalue weighted by atomic mass is 15.2. The minimum absolute atomic E-state index is 0.763. The quantitative estimate of drug-likeness (QED) is 0.798. The third-order valence-corrected chi connectivity index (χ3v) is 5.32. The maximum Gasteiger partial charge on any atom is 0.0138 e. The molecule has 0 aromatic rings. The van der Waals surface area contributed by atoms with E-state index in [2.05, 4.69) is 18.7 Å². The number of hydrogen-bond donors (Lipinski definition) is 1. The summed E-state index contributed by atoms with van der Waals surface area (Å²) in [6, 6.07) is 1.56. The minimum atomic E-state index is 0.763. The Morgan fingerprint density at radius 1 is 1.12 bits per heavy atom. The summed E-state index contributed by atoms with van der Waals surface area (Å²) in [5.41, 5.74) is 5.94. The maximum absolute atomic E-state index is 5.94. The molecule has 0 saturated heterocycles. The molecule has 2 heteroatoms. The Balaban J connectivity index is 1.98. The van der Waals surface area contributed by atoms with Crippen LogP contribution in [0.3, 0.4) is 0 Å². The molecule has 0 radical (unpaired) electrons. The van der Waals surface area contributed by atoms with E-state index in [0.717, 1.165) is 30.5 Å². The van der Waals surface area contributed by atoms with Crippen LogP contribution in [0.25, 0.3) is 0 Å². The van der Waals surface area contributed by atoms with Gasteiger partial charge < -0.3 is 5.73 Å². The average molecular weight is 238 g/mol. The monoisotopic (exact) mass is 238 g/mol. The van der Waals surface area contributed by atoms with Gasteiger partial charge in [0.05, 0.1) is 0 Å². The topological polar surface area (TPSA) is 29.3 Å². The zero-order valence-corrected chi connectivity index (χ0v) is 11.7. The lowest BCUT2D eigenvalue weighted by molar-refractivity contribution is 0.0885. The van der Waals surface area contributed by atoms with E-state index in [4.69, 9.17) is 5.73 Å². The van der Waals surface area contributed by atoms with E-state index in [1.807, 2.05) is 0 Å². The molecule has 2 aliphatic rings. The van der Waals surface area contributed by atoms with Gasteiger partial charge in [-0.25, -0.2) is 0 Å². The van der Waals surface area contributed by atoms with E-state index >= 15 is 0 Å². The van der Waals surface area contributed by atoms with Crippen LogP contribution in [0.4, 0.5) is 0 Å². The van der Waals surface area contributed by atoms with E-state index in [-0.39, 0.29) is 0 Å². The summed E-state index contributed by atoms with van der Waals surface area (Å²) in [6.45, 7) is 6.89. The van der Waals surface area contributed by atoms with Gasteiger partial charge in [0, 0.05) is 12.1 Å². The van der Waals surface area contributed by atoms with Crippen LogP contribution in [0, 0.1) is 11.8 Å². The molecule has 3 atom stereocenters. The second-order valence-corrected chi connectivity index (χ2v) is 6.11. The first-order chi connectivity index (χ1) is 8.27. The molecule has 2 nitrogen and oxygen atoms in total. The molecule has 0 amide bonds. The largest absolute Gasteiger partial charge is 0.330 e. The van der Waals surface area contributed by atoms with Gasteiger partial charge in [-0.15, -0.1) is 0 Å². The van der Waals surface area contributed by atoms with Crippen molar-refractivity contribution in [1.82, 2.24) is 4.90 Å². The first-order valence-corrected chi connectivity index (χ1v) is 7.73. The van der Waals surface area contributed by atoms with E-state index < -0.39 is 0 Å². The van der Waals surface area contributed by atoms with Gasteiger partial charge in [0.25, 0.3) is 0 Å². The Labute approximate surface area is 107 Å². The third-order valence-electron chi connectivity index (χ3n) is 5.32. The zero-order valence-electron chi connectivity index (χ0n) is 11.7. The van der Waals surface area contributed by atoms with Gasteiger partial charge in [-0.1, -0.05) is 26.2 Å². The molecule has 0 spiro atoms. The molecule has 3 unspecified atom stereocenters. The van der Waals surface area contributed by atoms with Crippen molar-refractivity contribution in [2.24, 2.45) is 17.6 Å². The summed E-state index contributed by atoms with van der Waals surface area (Å²) in [6.07, 6.45) is 9.95. The second-order valence-electron chi connectivity index (χ2n) is 6.11. The Kier molecular flexibility index (Phi) is 4.87. The number of nitrogens with two attached hydrogens (primary N) is 1. The van der Waals surface area contributed by atoms with Crippen LogP contribution in [0.15, 0.2) is 0 Å². The van der Waals surface area contributed by atoms with Crippen LogP contribution in [-0.2, 0) is 0 Å². The molecule has 2 aliphatic carbocycles. The molecule has 0 aromatic carbocycles. The van der Waals surface area contributed by atoms with Crippen molar-refractivity contribution in [3.05, 3.63) is 0 Å². The van der Waals surface area contributed by atoms with Gasteiger partial charge in [-0.05, 0) is 57.5 Å². The predicted molar refractivity (Wildman–Crippen MR) is 74.0 cm³/mol. The summed E-state index contributed by atoms with van der Waals surface area (Å²) in [5, 5.41) is 0. The Hall–Kier alpha value is -0.0800. The van der Waals surface area contributed by atoms with Gasteiger partial charge in [0.2, 0.25) is 0 Å². The minimum Gasteiger partial charge on any atom is -0.330 e. The molecule has 0 aliphatic heterocycles. The summed E-state index contributed by atoms with van der Waals surface area (Å²) < 4.78 is 0. The van der Waals surface area contributed by atoms with E-state index in [1.165, 1.54) is 51.5 Å². The Morgan fingerprint density at radius 2 is 1.82 bits per heavy atom. The lowest BCUT2D eigenvalue weighted by Crippen LogP contribution is -2.47. The highest BCUT2D eigenvalue weighted by Gasteiger charge is 2.35. The average Bonchev–Trinajstić information content (AvgIpc) is 3.01. The van der Waals surface area contributed by atoms with Gasteiger partial charge in [-0.2, -0.15) is 0 Å². The summed E-state index contributed by atoms with van der Waals surface area (Å²) in [5.74, 6) is 1.72. The molecule has 2 fully saturated rings. The number of hydrogen-bond acceptors (Lipinski definition) is 2. The van der Waals surface area contributed by atoms with Crippen molar-refractivity contribution in [3.63, 3.8) is 0 Å². The third kappa shape index (κ3) is 2.85. The fraction of sp³-hybridized carbons (Fsp3) is 1.00. The summed E-state index contributed by atoms with van der Waals surface area (Å²) in [4.78, 5) is 2.78. The molecule has 17 heavy (non-hydrogen) atoms. The van der Waals surface area contributed by atoms with Gasteiger partial charge in [0.15, 0.2) is 0 Å². The molecule has 0 aromatic heterocycles. The Morgan fingerprint density at radius 3 is 2.41 bits per heavy atom. The van der Waals surface area contributed by atoms with Crippen molar-refractivity contribution in [2.75, 3.05) is 13.1 Å². The highest BCUT2D eigenvalue weighted by Crippen LogP contribution is 2.35. The molecule has 0 heterocycles. The van der Waals surface area contributed by atoms with Gasteiger partial charge in [-0.3, -0.25) is 4.90 Å². The SMILES string of the molecule is CCN(C(C)C1CCCC1)C1CCCC1CN. The molecule has 2 saturated carbocycles. The highest BCUT2D eigenvalue weighted by molar-refractivity contribution is 4.90. The van der Waals surface area contributed by atoms with Crippen LogP contribution in [0.5, 0.6) is 0 Å². The zero-order chi connectivity index (χ0) is 12.3. The van der Waals surface area contributed by atoms with Crippen LogP contribution < -0.4 is 5.73 Å². The van der Waals surface area contributed by atoms with E-state index in [0.29, 0.717) is 0 Å². The van der Waals surface area contributed by atoms with E-state index in [9.17, 15) is 0 Å². The molecule has 100 valence electrons. The normalized spacial score (nSPS) is 32.5. The molecule has 2 N–H and O–H groups in total. The maximum atomic E-state index is 5.94. The van der Waals surface area contributed by atoms with E-state index in [1.54, 1.807) is 0 Å². The van der Waals surface area contributed by atoms with Gasteiger partial charge >= 0.3 is 0 Å². The standard InChI is InChI=1S/C15H30N2/c1-3-17(12(2)13-7-4-5-8-13)15-10-6-9-14(15)11-16/h12-15H,3-11,16H2,1-2H3. The van der Waals surface area contributed by atoms with Crippen molar-refractivity contribution in [1.29, 1.82) is 0 Å². The molecular weight excluding hydrogens is 208 g/mol. The van der Waals surface area contributed by atoms with Crippen LogP contribution >= 0.6 is 0 Å². The first kappa shape index (κ1) is 13.4. The number of nitrogens with zero attached hydrogens (tertiary/aromatic N) is 1. The summed E-state index contributed by atoms with van der Waals surface area (Å²) in [7, 11) is 0. The Bertz CT molecular complexity index is 223. The van der Waals surface area contributed by atoms with Crippen molar-refractivity contribution in [2.45, 2.75) is 70.9 Å². The van der Waals surface area contributed by atoms with Crippen LogP contribution in [-0.4, -0.2) is 30.1 Å². The van der Waals surface area contributed by atoms with Gasteiger partial charge in [0.1, 0.15) is 0 Å². The lowest BCUT2D eigenvalue weighted by Gasteiger charge is -2.39. The lowest BCUT2D eigenvalue weighted by atomic mass is 9.93. The van der Waals surface area contributed by atoms with Crippen LogP contribution in [0.2, 0.25) is 0 Å². The smallest absolute Gasteiger partial charge is 0.0138 e. The molecule has 2 rings (SSSR count). The van der Waals surface area contributed by atoms with Crippen molar-refractivity contribution in [3.8, 4) is 0 Å². The fourth-order valence-electron chi connectivity index (χ4n) is 4.26. The predicted octanol–water partition coefficient (Wildman–Crippen LogP) is 3.01. The summed E-state index contributed by atoms with van der Waals surface area (Å²) >= 11 is 0. The first-order valence-electron chi connectivity index (χ1n) is 7.73. The second kappa shape index (κ2) is 6.19. The molecular formula is C15H30N2. The van der Waals surface area contributed by atoms with Crippen LogP contribution in [0.1, 0.15) is 58.8 Å². The van der Waals surface area contributed by atoms with Crippen molar-refractivity contribution < 1.29 is 0 Å². The number of rotatable bonds is 5.